The van der Waals surface area contributed by atoms with Gasteiger partial charge in [0.2, 0.25) is 0 Å². The molecule has 27 heavy (non-hydrogen) atoms. The Labute approximate surface area is 165 Å². The molecule has 0 aliphatic heterocycles. The van der Waals surface area contributed by atoms with Crippen LogP contribution in [0.25, 0.3) is 0 Å². The second-order valence-electron chi connectivity index (χ2n) is 6.99. The van der Waals surface area contributed by atoms with E-state index >= 15 is 0 Å². The van der Waals surface area contributed by atoms with Crippen LogP contribution in [0, 0.1) is 5.41 Å². The molecule has 0 saturated carbocycles. The van der Waals surface area contributed by atoms with Gasteiger partial charge in [0.05, 0.1) is 6.10 Å². The third-order valence-electron chi connectivity index (χ3n) is 3.84. The number of aliphatic hydroxyl groups is 1. The fourth-order valence-corrected chi connectivity index (χ4v) is 2.18. The number of carbonyl (C=O) groups excluding carboxylic acids is 1. The molecule has 0 spiro atoms. The van der Waals surface area contributed by atoms with E-state index < -0.39 is 17.5 Å². The highest BCUT2D eigenvalue weighted by Crippen LogP contribution is 2.21. The lowest BCUT2D eigenvalue weighted by Crippen LogP contribution is -2.40. The van der Waals surface area contributed by atoms with Crippen LogP contribution in [0.4, 0.5) is 0 Å². The number of carboxylic acid groups (broad SMARTS) is 1. The molecule has 3 heteroatoms. The third kappa shape index (κ3) is 15.8. The minimum atomic E-state index is -1.15. The van der Waals surface area contributed by atoms with E-state index in [1.807, 2.05) is 12.2 Å². The van der Waals surface area contributed by atoms with Gasteiger partial charge in [-0.3, -0.25) is 0 Å². The summed E-state index contributed by atoms with van der Waals surface area (Å²) in [6, 6.07) is 0. The van der Waals surface area contributed by atoms with Gasteiger partial charge in [-0.15, -0.1) is 0 Å². The van der Waals surface area contributed by atoms with Gasteiger partial charge in [0, 0.05) is 11.4 Å². The highest BCUT2D eigenvalue weighted by atomic mass is 16.4. The molecular formula is C24H35O3-. The number of hydrogen-bond donors (Lipinski definition) is 1. The summed E-state index contributed by atoms with van der Waals surface area (Å²) in [5.41, 5.74) is -1.04. The molecule has 150 valence electrons. The van der Waals surface area contributed by atoms with Crippen LogP contribution in [0.15, 0.2) is 72.9 Å². The molecule has 0 aromatic rings. The lowest BCUT2D eigenvalue weighted by Gasteiger charge is -2.27. The standard InChI is InChI=1S/C24H36O3/c1-4-5-6-7-8-9-10-11-12-13-14-15-16-17-18-19-20-22(25)21-24(2,3)23(26)27/h5-6,8-9,11-12,14-15,17-20,22,25H,4,7,10,13,16,21H2,1-3H3,(H,26,27)/p-1/b6-5-,9-8-,12-11-,15-14-,18-17-,20-19+. The Balaban J connectivity index is 3.85. The predicted octanol–water partition coefficient (Wildman–Crippen LogP) is 4.82. The smallest absolute Gasteiger partial charge is 0.0732 e. The van der Waals surface area contributed by atoms with Crippen LogP contribution >= 0.6 is 0 Å². The Hall–Kier alpha value is -2.13. The summed E-state index contributed by atoms with van der Waals surface area (Å²) in [6.45, 7) is 5.24. The topological polar surface area (TPSA) is 60.4 Å². The van der Waals surface area contributed by atoms with E-state index in [4.69, 9.17) is 0 Å². The number of allylic oxidation sites excluding steroid dienone is 11. The molecule has 0 fully saturated rings. The van der Waals surface area contributed by atoms with Crippen LogP contribution in [-0.2, 0) is 4.79 Å². The number of carboxylic acids is 1. The van der Waals surface area contributed by atoms with Gasteiger partial charge in [0.1, 0.15) is 0 Å². The fourth-order valence-electron chi connectivity index (χ4n) is 2.18. The molecule has 0 aliphatic rings. The maximum absolute atomic E-state index is 10.9. The van der Waals surface area contributed by atoms with Gasteiger partial charge in [0.15, 0.2) is 0 Å². The number of aliphatic hydroxyl groups excluding tert-OH is 1. The van der Waals surface area contributed by atoms with Crippen LogP contribution in [-0.4, -0.2) is 17.2 Å². The zero-order valence-corrected chi connectivity index (χ0v) is 17.0. The first kappa shape index (κ1) is 24.9. The van der Waals surface area contributed by atoms with Gasteiger partial charge in [-0.1, -0.05) is 93.7 Å². The summed E-state index contributed by atoms with van der Waals surface area (Å²) in [5.74, 6) is -1.15. The average molecular weight is 372 g/mol. The van der Waals surface area contributed by atoms with E-state index in [9.17, 15) is 15.0 Å². The molecule has 1 atom stereocenters. The molecule has 0 heterocycles. The molecule has 0 aromatic heterocycles. The van der Waals surface area contributed by atoms with Crippen LogP contribution in [0.1, 0.15) is 59.3 Å². The molecule has 0 rings (SSSR count). The molecule has 1 unspecified atom stereocenters. The van der Waals surface area contributed by atoms with Crippen LogP contribution in [0.2, 0.25) is 0 Å². The second kappa shape index (κ2) is 16.1. The molecule has 0 bridgehead atoms. The van der Waals surface area contributed by atoms with Gasteiger partial charge in [-0.05, 0) is 38.5 Å². The van der Waals surface area contributed by atoms with E-state index in [-0.39, 0.29) is 6.42 Å². The quantitative estimate of drug-likeness (QED) is 0.352. The van der Waals surface area contributed by atoms with Gasteiger partial charge in [-0.25, -0.2) is 0 Å². The zero-order valence-electron chi connectivity index (χ0n) is 17.0. The van der Waals surface area contributed by atoms with E-state index in [1.165, 1.54) is 0 Å². The molecule has 0 saturated heterocycles. The average Bonchev–Trinajstić information content (AvgIpc) is 2.60. The normalized spacial score (nSPS) is 14.8. The fraction of sp³-hybridized carbons (Fsp3) is 0.458. The number of hydrogen-bond acceptors (Lipinski definition) is 3. The molecule has 0 aromatic carbocycles. The molecular weight excluding hydrogens is 336 g/mol. The van der Waals surface area contributed by atoms with Crippen LogP contribution < -0.4 is 5.11 Å². The number of rotatable bonds is 14. The summed E-state index contributed by atoms with van der Waals surface area (Å²) in [6.07, 6.45) is 28.6. The molecule has 3 nitrogen and oxygen atoms in total. The summed E-state index contributed by atoms with van der Waals surface area (Å²) in [7, 11) is 0. The van der Waals surface area contributed by atoms with Crippen molar-refractivity contribution < 1.29 is 15.0 Å². The van der Waals surface area contributed by atoms with Crippen molar-refractivity contribution in [2.45, 2.75) is 65.4 Å². The highest BCUT2D eigenvalue weighted by Gasteiger charge is 2.22. The monoisotopic (exact) mass is 371 g/mol. The third-order valence-corrected chi connectivity index (χ3v) is 3.84. The van der Waals surface area contributed by atoms with Crippen molar-refractivity contribution in [2.24, 2.45) is 5.41 Å². The first-order chi connectivity index (χ1) is 12.9. The van der Waals surface area contributed by atoms with Crippen LogP contribution in [0.5, 0.6) is 0 Å². The summed E-state index contributed by atoms with van der Waals surface area (Å²) >= 11 is 0. The van der Waals surface area contributed by atoms with Crippen LogP contribution in [0.3, 0.4) is 0 Å². The van der Waals surface area contributed by atoms with Crippen molar-refractivity contribution in [1.82, 2.24) is 0 Å². The summed E-state index contributed by atoms with van der Waals surface area (Å²) < 4.78 is 0. The van der Waals surface area contributed by atoms with Gasteiger partial charge >= 0.3 is 0 Å². The minimum absolute atomic E-state index is 0.135. The highest BCUT2D eigenvalue weighted by molar-refractivity contribution is 5.71. The Kier molecular flexibility index (Phi) is 14.8. The minimum Gasteiger partial charge on any atom is -0.550 e. The van der Waals surface area contributed by atoms with Crippen molar-refractivity contribution in [1.29, 1.82) is 0 Å². The maximum atomic E-state index is 10.9. The molecule has 0 aliphatic carbocycles. The van der Waals surface area contributed by atoms with Crippen molar-refractivity contribution in [3.63, 3.8) is 0 Å². The van der Waals surface area contributed by atoms with E-state index in [1.54, 1.807) is 26.0 Å². The SMILES string of the molecule is CC/C=C\C/C=C\C/C=C\C/C=C\C/C=C\C=C\C(O)CC(C)(C)C(=O)[O-]. The van der Waals surface area contributed by atoms with Gasteiger partial charge < -0.3 is 15.0 Å². The molecule has 0 amide bonds. The first-order valence-electron chi connectivity index (χ1n) is 9.73. The lowest BCUT2D eigenvalue weighted by atomic mass is 9.87. The van der Waals surface area contributed by atoms with Crippen molar-refractivity contribution in [2.75, 3.05) is 0 Å². The Morgan fingerprint density at radius 3 is 1.74 bits per heavy atom. The summed E-state index contributed by atoms with van der Waals surface area (Å²) in [4.78, 5) is 10.9. The Morgan fingerprint density at radius 2 is 1.30 bits per heavy atom. The predicted molar refractivity (Wildman–Crippen MR) is 113 cm³/mol. The summed E-state index contributed by atoms with van der Waals surface area (Å²) in [5, 5.41) is 20.7. The van der Waals surface area contributed by atoms with E-state index in [0.717, 1.165) is 32.1 Å². The van der Waals surface area contributed by atoms with E-state index in [0.29, 0.717) is 0 Å². The zero-order chi connectivity index (χ0) is 20.4. The van der Waals surface area contributed by atoms with Gasteiger partial charge in [-0.2, -0.15) is 0 Å². The second-order valence-corrected chi connectivity index (χ2v) is 6.99. The Bertz CT molecular complexity index is 560. The molecule has 0 radical (unpaired) electrons. The first-order valence-corrected chi connectivity index (χ1v) is 9.73. The number of carbonyl (C=O) groups is 1. The van der Waals surface area contributed by atoms with Gasteiger partial charge in [0.25, 0.3) is 0 Å². The van der Waals surface area contributed by atoms with Crippen molar-refractivity contribution in [3.05, 3.63) is 72.9 Å². The Morgan fingerprint density at radius 1 is 0.852 bits per heavy atom. The largest absolute Gasteiger partial charge is 0.550 e. The maximum Gasteiger partial charge on any atom is 0.0732 e. The lowest BCUT2D eigenvalue weighted by molar-refractivity contribution is -0.318. The van der Waals surface area contributed by atoms with E-state index in [2.05, 4.69) is 55.5 Å². The molecule has 1 N–H and O–H groups in total. The van der Waals surface area contributed by atoms with Crippen molar-refractivity contribution >= 4 is 5.97 Å². The number of aliphatic carboxylic acids is 1. The van der Waals surface area contributed by atoms with Crippen molar-refractivity contribution in [3.8, 4) is 0 Å².